The molecule has 1 aromatic rings. The summed E-state index contributed by atoms with van der Waals surface area (Å²) in [5.74, 6) is 1.13. The van der Waals surface area contributed by atoms with Gasteiger partial charge in [0.2, 0.25) is 0 Å². The standard InChI is InChI=1S/C10H12S/c1-2-11-9-8-10-6-4-3-5-7-10/h2-7H,1,8-9H2. The van der Waals surface area contributed by atoms with Crippen LogP contribution in [-0.4, -0.2) is 5.75 Å². The summed E-state index contributed by atoms with van der Waals surface area (Å²) in [7, 11) is 0. The van der Waals surface area contributed by atoms with Gasteiger partial charge in [-0.3, -0.25) is 0 Å². The molecule has 11 heavy (non-hydrogen) atoms. The molecule has 0 N–H and O–H groups in total. The predicted molar refractivity (Wildman–Crippen MR) is 52.8 cm³/mol. The summed E-state index contributed by atoms with van der Waals surface area (Å²) in [5, 5.41) is 1.89. The number of hydrogen-bond acceptors (Lipinski definition) is 1. The van der Waals surface area contributed by atoms with Crippen molar-refractivity contribution in [3.8, 4) is 0 Å². The maximum Gasteiger partial charge on any atom is 0.00144 e. The van der Waals surface area contributed by atoms with Crippen molar-refractivity contribution in [2.24, 2.45) is 0 Å². The molecule has 0 aliphatic carbocycles. The first-order valence-electron chi connectivity index (χ1n) is 3.70. The van der Waals surface area contributed by atoms with Gasteiger partial charge in [-0.15, -0.1) is 11.8 Å². The van der Waals surface area contributed by atoms with Crippen molar-refractivity contribution in [1.29, 1.82) is 0 Å². The molecule has 0 heterocycles. The first-order valence-corrected chi connectivity index (χ1v) is 4.75. The number of thioether (sulfide) groups is 1. The van der Waals surface area contributed by atoms with Gasteiger partial charge in [0.05, 0.1) is 0 Å². The molecule has 0 aromatic heterocycles. The molecule has 0 saturated heterocycles. The Bertz CT molecular complexity index is 203. The summed E-state index contributed by atoms with van der Waals surface area (Å²) in [5.41, 5.74) is 1.40. The molecule has 0 saturated carbocycles. The second kappa shape index (κ2) is 5.03. The molecule has 58 valence electrons. The van der Waals surface area contributed by atoms with Crippen LogP contribution < -0.4 is 0 Å². The Morgan fingerprint density at radius 1 is 1.27 bits per heavy atom. The van der Waals surface area contributed by atoms with Crippen LogP contribution in [0.5, 0.6) is 0 Å². The fraction of sp³-hybridized carbons (Fsp3) is 0.200. The van der Waals surface area contributed by atoms with Crippen molar-refractivity contribution in [1.82, 2.24) is 0 Å². The molecule has 1 heteroatoms. The minimum Gasteiger partial charge on any atom is -0.134 e. The molecule has 0 spiro atoms. The minimum absolute atomic E-state index is 1.13. The third-order valence-corrected chi connectivity index (χ3v) is 2.14. The van der Waals surface area contributed by atoms with Crippen molar-refractivity contribution >= 4 is 11.8 Å². The topological polar surface area (TPSA) is 0 Å². The molecule has 0 bridgehead atoms. The van der Waals surface area contributed by atoms with Gasteiger partial charge in [-0.25, -0.2) is 0 Å². The second-order valence-electron chi connectivity index (χ2n) is 2.27. The monoisotopic (exact) mass is 164 g/mol. The molecular formula is C10H12S. The Balaban J connectivity index is 2.33. The van der Waals surface area contributed by atoms with Gasteiger partial charge in [0.1, 0.15) is 0 Å². The fourth-order valence-corrected chi connectivity index (χ4v) is 1.43. The summed E-state index contributed by atoms with van der Waals surface area (Å²) >= 11 is 1.77. The lowest BCUT2D eigenvalue weighted by atomic mass is 10.2. The highest BCUT2D eigenvalue weighted by Crippen LogP contribution is 2.06. The molecule has 0 aliphatic rings. The van der Waals surface area contributed by atoms with E-state index in [1.165, 1.54) is 5.56 Å². The number of benzene rings is 1. The van der Waals surface area contributed by atoms with Crippen LogP contribution in [0.15, 0.2) is 42.3 Å². The number of rotatable bonds is 4. The highest BCUT2D eigenvalue weighted by molar-refractivity contribution is 8.02. The summed E-state index contributed by atoms with van der Waals surface area (Å²) in [6, 6.07) is 10.5. The van der Waals surface area contributed by atoms with Crippen LogP contribution in [0.25, 0.3) is 0 Å². The van der Waals surface area contributed by atoms with Crippen LogP contribution in [-0.2, 0) is 6.42 Å². The highest BCUT2D eigenvalue weighted by atomic mass is 32.2. The van der Waals surface area contributed by atoms with Crippen molar-refractivity contribution in [3.63, 3.8) is 0 Å². The Hall–Kier alpha value is -0.690. The molecular weight excluding hydrogens is 152 g/mol. The third-order valence-electron chi connectivity index (χ3n) is 1.47. The van der Waals surface area contributed by atoms with E-state index in [1.807, 2.05) is 11.5 Å². The minimum atomic E-state index is 1.13. The van der Waals surface area contributed by atoms with Crippen LogP contribution in [0, 0.1) is 0 Å². The van der Waals surface area contributed by atoms with E-state index >= 15 is 0 Å². The molecule has 1 rings (SSSR count). The maximum absolute atomic E-state index is 3.65. The average Bonchev–Trinajstić information content (AvgIpc) is 2.07. The molecule has 0 radical (unpaired) electrons. The fourth-order valence-electron chi connectivity index (χ4n) is 0.905. The van der Waals surface area contributed by atoms with Gasteiger partial charge in [-0.1, -0.05) is 36.9 Å². The van der Waals surface area contributed by atoms with E-state index in [4.69, 9.17) is 0 Å². The van der Waals surface area contributed by atoms with Crippen molar-refractivity contribution in [3.05, 3.63) is 47.9 Å². The Labute approximate surface area is 72.3 Å². The summed E-state index contributed by atoms with van der Waals surface area (Å²) in [6.45, 7) is 3.65. The number of hydrogen-bond donors (Lipinski definition) is 0. The van der Waals surface area contributed by atoms with Crippen LogP contribution in [0.4, 0.5) is 0 Å². The van der Waals surface area contributed by atoms with Crippen molar-refractivity contribution in [2.45, 2.75) is 6.42 Å². The van der Waals surface area contributed by atoms with E-state index in [2.05, 4.69) is 30.8 Å². The lowest BCUT2D eigenvalue weighted by Gasteiger charge is -1.96. The molecule has 0 aliphatic heterocycles. The Morgan fingerprint density at radius 3 is 2.64 bits per heavy atom. The zero-order valence-corrected chi connectivity index (χ0v) is 7.31. The van der Waals surface area contributed by atoms with E-state index in [0.29, 0.717) is 0 Å². The van der Waals surface area contributed by atoms with Crippen LogP contribution in [0.1, 0.15) is 5.56 Å². The van der Waals surface area contributed by atoms with Crippen LogP contribution in [0.2, 0.25) is 0 Å². The molecule has 0 atom stereocenters. The van der Waals surface area contributed by atoms with Gasteiger partial charge in [-0.2, -0.15) is 0 Å². The quantitative estimate of drug-likeness (QED) is 0.616. The molecule has 0 nitrogen and oxygen atoms in total. The largest absolute Gasteiger partial charge is 0.134 e. The van der Waals surface area contributed by atoms with Crippen molar-refractivity contribution in [2.75, 3.05) is 5.75 Å². The Morgan fingerprint density at radius 2 is 2.00 bits per heavy atom. The van der Waals surface area contributed by atoms with E-state index < -0.39 is 0 Å². The van der Waals surface area contributed by atoms with Gasteiger partial charge < -0.3 is 0 Å². The molecule has 0 fully saturated rings. The average molecular weight is 164 g/mol. The van der Waals surface area contributed by atoms with E-state index in [9.17, 15) is 0 Å². The zero-order valence-electron chi connectivity index (χ0n) is 6.49. The van der Waals surface area contributed by atoms with Gasteiger partial charge in [-0.05, 0) is 17.4 Å². The third kappa shape index (κ3) is 3.28. The summed E-state index contributed by atoms with van der Waals surface area (Å²) in [6.07, 6.45) is 1.14. The molecule has 0 amide bonds. The molecule has 0 unspecified atom stereocenters. The van der Waals surface area contributed by atoms with Crippen LogP contribution >= 0.6 is 11.8 Å². The first-order chi connectivity index (χ1) is 5.43. The second-order valence-corrected chi connectivity index (χ2v) is 3.35. The number of aryl methyl sites for hydroxylation is 1. The summed E-state index contributed by atoms with van der Waals surface area (Å²) < 4.78 is 0. The van der Waals surface area contributed by atoms with Crippen LogP contribution in [0.3, 0.4) is 0 Å². The van der Waals surface area contributed by atoms with E-state index in [0.717, 1.165) is 12.2 Å². The predicted octanol–water partition coefficient (Wildman–Crippen LogP) is 3.11. The summed E-state index contributed by atoms with van der Waals surface area (Å²) in [4.78, 5) is 0. The lowest BCUT2D eigenvalue weighted by molar-refractivity contribution is 1.16. The van der Waals surface area contributed by atoms with Crippen molar-refractivity contribution < 1.29 is 0 Å². The van der Waals surface area contributed by atoms with Gasteiger partial charge in [0.25, 0.3) is 0 Å². The normalized spacial score (nSPS) is 9.45. The SMILES string of the molecule is C=CSCCc1ccccc1. The van der Waals surface area contributed by atoms with Gasteiger partial charge >= 0.3 is 0 Å². The smallest absolute Gasteiger partial charge is 0.00144 e. The lowest BCUT2D eigenvalue weighted by Crippen LogP contribution is -1.85. The molecule has 1 aromatic carbocycles. The van der Waals surface area contributed by atoms with Gasteiger partial charge in [0, 0.05) is 5.75 Å². The maximum atomic E-state index is 3.65. The van der Waals surface area contributed by atoms with E-state index in [-0.39, 0.29) is 0 Å². The zero-order chi connectivity index (χ0) is 7.94. The first kappa shape index (κ1) is 8.41. The van der Waals surface area contributed by atoms with Gasteiger partial charge in [0.15, 0.2) is 0 Å². The highest BCUT2D eigenvalue weighted by Gasteiger charge is 1.88. The van der Waals surface area contributed by atoms with E-state index in [1.54, 1.807) is 11.8 Å². The Kier molecular flexibility index (Phi) is 3.84.